The summed E-state index contributed by atoms with van der Waals surface area (Å²) in [4.78, 5) is 16.8. The first-order valence-corrected chi connectivity index (χ1v) is 8.20. The fraction of sp³-hybridized carbons (Fsp3) is 0.118. The molecule has 3 aromatic heterocycles. The van der Waals surface area contributed by atoms with E-state index in [-0.39, 0.29) is 5.91 Å². The van der Waals surface area contributed by atoms with Crippen LogP contribution in [0.4, 0.5) is 5.13 Å². The van der Waals surface area contributed by atoms with Crippen molar-refractivity contribution >= 4 is 38.1 Å². The molecule has 1 aromatic carbocycles. The number of carbonyl (C=O) groups is 1. The maximum absolute atomic E-state index is 12.4. The summed E-state index contributed by atoms with van der Waals surface area (Å²) in [5.74, 6) is -0.247. The third-order valence-corrected chi connectivity index (χ3v) is 4.62. The normalized spacial score (nSPS) is 11.2. The van der Waals surface area contributed by atoms with Crippen LogP contribution in [-0.4, -0.2) is 20.5 Å². The average molecular weight is 322 g/mol. The van der Waals surface area contributed by atoms with Gasteiger partial charge in [0.2, 0.25) is 0 Å². The molecular weight excluding hydrogens is 308 g/mol. The van der Waals surface area contributed by atoms with Gasteiger partial charge in [0.25, 0.3) is 5.91 Å². The molecule has 0 bridgehead atoms. The fourth-order valence-corrected chi connectivity index (χ4v) is 3.38. The van der Waals surface area contributed by atoms with Gasteiger partial charge in [-0.3, -0.25) is 10.1 Å². The smallest absolute Gasteiger partial charge is 0.277 e. The molecule has 0 saturated heterocycles. The van der Waals surface area contributed by atoms with Crippen LogP contribution in [0.3, 0.4) is 0 Å². The highest BCUT2D eigenvalue weighted by atomic mass is 32.1. The SMILES string of the molecule is CCc1ccc2nc(NC(=O)c3cc4ccccn4n3)sc2c1. The van der Waals surface area contributed by atoms with Crippen molar-refractivity contribution in [2.75, 3.05) is 5.32 Å². The molecule has 4 rings (SSSR count). The number of carbonyl (C=O) groups excluding carboxylic acids is 1. The van der Waals surface area contributed by atoms with Crippen LogP contribution < -0.4 is 5.32 Å². The number of nitrogens with one attached hydrogen (secondary N) is 1. The summed E-state index contributed by atoms with van der Waals surface area (Å²) in [6.45, 7) is 2.12. The van der Waals surface area contributed by atoms with Crippen LogP contribution in [0, 0.1) is 0 Å². The first kappa shape index (κ1) is 13.9. The van der Waals surface area contributed by atoms with Gasteiger partial charge in [0.15, 0.2) is 10.8 Å². The summed E-state index contributed by atoms with van der Waals surface area (Å²) in [7, 11) is 0. The van der Waals surface area contributed by atoms with Crippen molar-refractivity contribution in [3.05, 3.63) is 59.9 Å². The monoisotopic (exact) mass is 322 g/mol. The van der Waals surface area contributed by atoms with Gasteiger partial charge in [0, 0.05) is 6.20 Å². The number of aryl methyl sites for hydroxylation is 1. The Bertz CT molecular complexity index is 985. The lowest BCUT2D eigenvalue weighted by molar-refractivity contribution is 0.102. The minimum atomic E-state index is -0.247. The minimum Gasteiger partial charge on any atom is -0.296 e. The maximum Gasteiger partial charge on any atom is 0.277 e. The Morgan fingerprint density at radius 2 is 2.17 bits per heavy atom. The van der Waals surface area contributed by atoms with Crippen LogP contribution in [0.1, 0.15) is 23.0 Å². The molecule has 0 aliphatic carbocycles. The van der Waals surface area contributed by atoms with Gasteiger partial charge in [-0.15, -0.1) is 0 Å². The molecule has 3 heterocycles. The van der Waals surface area contributed by atoms with Crippen LogP contribution in [0.25, 0.3) is 15.7 Å². The largest absolute Gasteiger partial charge is 0.296 e. The fourth-order valence-electron chi connectivity index (χ4n) is 2.45. The summed E-state index contributed by atoms with van der Waals surface area (Å²) < 4.78 is 2.76. The molecule has 1 amide bonds. The van der Waals surface area contributed by atoms with Crippen LogP contribution in [0.15, 0.2) is 48.7 Å². The second-order valence-electron chi connectivity index (χ2n) is 5.23. The molecule has 0 aliphatic rings. The van der Waals surface area contributed by atoms with Crippen molar-refractivity contribution in [3.63, 3.8) is 0 Å². The topological polar surface area (TPSA) is 59.3 Å². The van der Waals surface area contributed by atoms with Gasteiger partial charge in [-0.1, -0.05) is 30.4 Å². The molecular formula is C17H14N4OS. The summed E-state index contributed by atoms with van der Waals surface area (Å²) in [5.41, 5.74) is 3.43. The van der Waals surface area contributed by atoms with E-state index in [1.165, 1.54) is 16.9 Å². The van der Waals surface area contributed by atoms with Crippen molar-refractivity contribution in [2.45, 2.75) is 13.3 Å². The third-order valence-electron chi connectivity index (χ3n) is 3.68. The first-order valence-electron chi connectivity index (χ1n) is 7.38. The molecule has 0 unspecified atom stereocenters. The maximum atomic E-state index is 12.4. The molecule has 6 heteroatoms. The van der Waals surface area contributed by atoms with Crippen molar-refractivity contribution in [3.8, 4) is 0 Å². The number of rotatable bonds is 3. The Balaban J connectivity index is 1.62. The number of benzene rings is 1. The highest BCUT2D eigenvalue weighted by Crippen LogP contribution is 2.27. The van der Waals surface area contributed by atoms with Gasteiger partial charge in [0.1, 0.15) is 0 Å². The Morgan fingerprint density at radius 1 is 1.26 bits per heavy atom. The van der Waals surface area contributed by atoms with E-state index in [9.17, 15) is 4.79 Å². The second-order valence-corrected chi connectivity index (χ2v) is 6.26. The average Bonchev–Trinajstić information content (AvgIpc) is 3.17. The number of aromatic nitrogens is 3. The summed E-state index contributed by atoms with van der Waals surface area (Å²) >= 11 is 1.48. The number of amides is 1. The van der Waals surface area contributed by atoms with Crippen LogP contribution in [0.5, 0.6) is 0 Å². The zero-order chi connectivity index (χ0) is 15.8. The third kappa shape index (κ3) is 2.57. The molecule has 0 aliphatic heterocycles. The lowest BCUT2D eigenvalue weighted by Gasteiger charge is -1.96. The van der Waals surface area contributed by atoms with Gasteiger partial charge >= 0.3 is 0 Å². The van der Waals surface area contributed by atoms with Gasteiger partial charge in [-0.25, -0.2) is 9.50 Å². The molecule has 114 valence electrons. The molecule has 1 N–H and O–H groups in total. The van der Waals surface area contributed by atoms with E-state index in [2.05, 4.69) is 34.5 Å². The van der Waals surface area contributed by atoms with Crippen molar-refractivity contribution in [1.82, 2.24) is 14.6 Å². The Morgan fingerprint density at radius 3 is 3.00 bits per heavy atom. The number of anilines is 1. The van der Waals surface area contributed by atoms with Gasteiger partial charge in [-0.2, -0.15) is 5.10 Å². The Hall–Kier alpha value is -2.73. The predicted octanol–water partition coefficient (Wildman–Crippen LogP) is 3.76. The van der Waals surface area contributed by atoms with E-state index < -0.39 is 0 Å². The summed E-state index contributed by atoms with van der Waals surface area (Å²) in [6, 6.07) is 13.6. The van der Waals surface area contributed by atoms with Crippen LogP contribution >= 0.6 is 11.3 Å². The zero-order valence-electron chi connectivity index (χ0n) is 12.5. The molecule has 0 spiro atoms. The van der Waals surface area contributed by atoms with Gasteiger partial charge in [0.05, 0.1) is 15.7 Å². The summed E-state index contributed by atoms with van der Waals surface area (Å²) in [6.07, 6.45) is 2.80. The number of pyridine rings is 1. The van der Waals surface area contributed by atoms with Gasteiger partial charge in [-0.05, 0) is 42.3 Å². The van der Waals surface area contributed by atoms with E-state index in [1.54, 1.807) is 10.6 Å². The van der Waals surface area contributed by atoms with Gasteiger partial charge < -0.3 is 0 Å². The standard InChI is InChI=1S/C17H14N4OS/c1-2-11-6-7-13-15(9-11)23-17(18-13)19-16(22)14-10-12-5-3-4-8-21(12)20-14/h3-10H,2H2,1H3,(H,18,19,22). The summed E-state index contributed by atoms with van der Waals surface area (Å²) in [5, 5.41) is 7.70. The quantitative estimate of drug-likeness (QED) is 0.625. The lowest BCUT2D eigenvalue weighted by Crippen LogP contribution is -2.12. The number of fused-ring (bicyclic) bond motifs is 2. The molecule has 23 heavy (non-hydrogen) atoms. The van der Waals surface area contributed by atoms with E-state index in [1.807, 2.05) is 30.5 Å². The molecule has 0 atom stereocenters. The van der Waals surface area contributed by atoms with Crippen LogP contribution in [0.2, 0.25) is 0 Å². The van der Waals surface area contributed by atoms with Crippen molar-refractivity contribution in [2.24, 2.45) is 0 Å². The highest BCUT2D eigenvalue weighted by Gasteiger charge is 2.13. The first-order chi connectivity index (χ1) is 11.2. The molecule has 0 saturated carbocycles. The number of nitrogens with zero attached hydrogens (tertiary/aromatic N) is 3. The Kier molecular flexibility index (Phi) is 3.31. The van der Waals surface area contributed by atoms with Crippen molar-refractivity contribution in [1.29, 1.82) is 0 Å². The van der Waals surface area contributed by atoms with E-state index in [0.717, 1.165) is 22.2 Å². The number of thiazole rings is 1. The van der Waals surface area contributed by atoms with E-state index >= 15 is 0 Å². The molecule has 0 fully saturated rings. The molecule has 4 aromatic rings. The van der Waals surface area contributed by atoms with Crippen molar-refractivity contribution < 1.29 is 4.79 Å². The Labute approximate surface area is 136 Å². The minimum absolute atomic E-state index is 0.247. The second kappa shape index (κ2) is 5.48. The number of hydrogen-bond acceptors (Lipinski definition) is 4. The molecule has 5 nitrogen and oxygen atoms in total. The van der Waals surface area contributed by atoms with Crippen LogP contribution in [-0.2, 0) is 6.42 Å². The highest BCUT2D eigenvalue weighted by molar-refractivity contribution is 7.22. The zero-order valence-corrected chi connectivity index (χ0v) is 13.3. The molecule has 0 radical (unpaired) electrons. The van der Waals surface area contributed by atoms with E-state index in [4.69, 9.17) is 0 Å². The number of hydrogen-bond donors (Lipinski definition) is 1. The predicted molar refractivity (Wildman–Crippen MR) is 92.1 cm³/mol. The lowest BCUT2D eigenvalue weighted by atomic mass is 10.2. The van der Waals surface area contributed by atoms with E-state index in [0.29, 0.717) is 10.8 Å².